The SMILES string of the molecule is CC[C@@H](C)[C@@H](N)C1=N[C@@H](C(=O)N[C@H](CC(C)C)C(=O)N[C@@H](CCC(=O)O)C(=O)N[C@@H](C(=O)N2C(=O)[C@@H](CC(N)=O)NC(=O)[C@H](CC(=O)O)NC(=O)[C@@H](Cc3cnc[nH]3)NC(=O)[C@H](Cc3ccccc3)NC(=O)[C@@H]([C@H](C)CC)NC(=O)[C@H](CCCN)NC(=O)[C@H]2CCCCN)[C@H](C)CC)CS1. The fourth-order valence-corrected chi connectivity index (χ4v) is 12.3. The molecule has 0 unspecified atom stereocenters. The maximum atomic E-state index is 16.1. The van der Waals surface area contributed by atoms with E-state index in [0.717, 1.165) is 6.42 Å². The third kappa shape index (κ3) is 26.0. The maximum Gasteiger partial charge on any atom is 0.305 e. The average molecular weight is 1420 g/mol. The summed E-state index contributed by atoms with van der Waals surface area (Å²) in [7, 11) is 0. The van der Waals surface area contributed by atoms with E-state index in [9.17, 15) is 63.0 Å². The molecule has 2 aliphatic heterocycles. The number of aromatic amines is 1. The largest absolute Gasteiger partial charge is 0.481 e. The molecule has 1 aromatic heterocycles. The number of rotatable bonds is 34. The lowest BCUT2D eigenvalue weighted by Crippen LogP contribution is -2.66. The van der Waals surface area contributed by atoms with Crippen molar-refractivity contribution in [1.29, 1.82) is 0 Å². The minimum Gasteiger partial charge on any atom is -0.481 e. The van der Waals surface area contributed by atoms with E-state index in [1.54, 1.807) is 65.0 Å². The van der Waals surface area contributed by atoms with Gasteiger partial charge in [-0.25, -0.2) is 4.98 Å². The van der Waals surface area contributed by atoms with E-state index in [1.807, 2.05) is 13.8 Å². The second-order valence-corrected chi connectivity index (χ2v) is 27.0. The fraction of sp³-hybridized carbons (Fsp3) is 0.636. The van der Waals surface area contributed by atoms with E-state index in [1.165, 1.54) is 31.2 Å². The summed E-state index contributed by atoms with van der Waals surface area (Å²) in [5.41, 5.74) is 24.9. The van der Waals surface area contributed by atoms with Gasteiger partial charge >= 0.3 is 11.9 Å². The summed E-state index contributed by atoms with van der Waals surface area (Å²) in [6.07, 6.45) is -1.36. The van der Waals surface area contributed by atoms with Gasteiger partial charge in [-0.3, -0.25) is 77.0 Å². The Morgan fingerprint density at radius 3 is 1.82 bits per heavy atom. The second-order valence-electron chi connectivity index (χ2n) is 26.0. The van der Waals surface area contributed by atoms with Crippen LogP contribution in [-0.4, -0.2) is 204 Å². The number of imidazole rings is 1. The van der Waals surface area contributed by atoms with Gasteiger partial charge in [0.05, 0.1) is 30.3 Å². The Morgan fingerprint density at radius 2 is 1.24 bits per heavy atom. The van der Waals surface area contributed by atoms with Crippen LogP contribution in [0, 0.1) is 23.7 Å². The fourth-order valence-electron chi connectivity index (χ4n) is 11.1. The summed E-state index contributed by atoms with van der Waals surface area (Å²) in [6, 6.07) is -10.9. The van der Waals surface area contributed by atoms with Crippen LogP contribution in [0.4, 0.5) is 0 Å². The zero-order valence-electron chi connectivity index (χ0n) is 58.2. The number of H-pyrrole nitrogens is 1. The molecule has 12 amide bonds. The number of thioether (sulfide) groups is 1. The highest BCUT2D eigenvalue weighted by Crippen LogP contribution is 2.25. The Hall–Kier alpha value is -8.89. The number of unbranched alkanes of at least 4 members (excludes halogenated alkanes) is 1. The van der Waals surface area contributed by atoms with Gasteiger partial charge in [0.25, 0.3) is 11.8 Å². The van der Waals surface area contributed by atoms with Crippen LogP contribution in [0.1, 0.15) is 150 Å². The van der Waals surface area contributed by atoms with Crippen LogP contribution in [0.2, 0.25) is 0 Å². The monoisotopic (exact) mass is 1420 g/mol. The standard InChI is InChI=1S/C66H103N17O16S/c1-9-35(6)52(70)64-80-47(32-100-64)61(95)75-42(26-34(4)5)57(91)73-41(22-23-50(85)86)56(90)82-54(37(8)11-3)66(99)83-48(21-15-16-24-67)62(96)74-40(20-17-25-68)55(89)81-53(36(7)10-2)63(97)78-43(27-38-18-13-12-14-19-38)58(92)76-44(28-39-31-71-33-72-39)59(93)77-45(30-51(87)88)60(94)79-46(65(83)98)29-49(69)84/h12-14,18-19,31,33-37,40-48,52-54H,9-11,15-17,20-30,32,67-68,70H2,1-8H3,(H2,69,84)(H,71,72)(H,73,91)(H,74,96)(H,75,95)(H,76,92)(H,77,93)(H,78,97)(H,79,94)(H,81,89)(H,82,90)(H,85,86)(H,87,88)/t35-,36-,37-,40+,41+,42-,43+,44-,45+,46-,47-,48-,52-,53-,54-/m1/s1. The molecule has 100 heavy (non-hydrogen) atoms. The normalized spacial score (nSPS) is 22.8. The number of hydrogen-bond acceptors (Lipinski definition) is 20. The van der Waals surface area contributed by atoms with Gasteiger partial charge in [-0.15, -0.1) is 11.8 Å². The van der Waals surface area contributed by atoms with E-state index in [4.69, 9.17) is 22.9 Å². The number of carboxylic acid groups (broad SMARTS) is 2. The molecule has 0 saturated carbocycles. The molecule has 554 valence electrons. The van der Waals surface area contributed by atoms with E-state index >= 15 is 14.4 Å². The lowest BCUT2D eigenvalue weighted by Gasteiger charge is -2.37. The second kappa shape index (κ2) is 41.6. The van der Waals surface area contributed by atoms with Crippen LogP contribution < -0.4 is 70.8 Å². The van der Waals surface area contributed by atoms with Gasteiger partial charge in [0, 0.05) is 36.9 Å². The van der Waals surface area contributed by atoms with Crippen LogP contribution >= 0.6 is 11.8 Å². The van der Waals surface area contributed by atoms with Crippen molar-refractivity contribution >= 4 is 99.6 Å². The van der Waals surface area contributed by atoms with Gasteiger partial charge in [-0.1, -0.05) is 105 Å². The first-order valence-electron chi connectivity index (χ1n) is 34.1. The summed E-state index contributed by atoms with van der Waals surface area (Å²) in [6.45, 7) is 13.8. The number of imide groups is 1. The minimum atomic E-state index is -2.33. The number of aromatic nitrogens is 2. The van der Waals surface area contributed by atoms with Gasteiger partial charge in [-0.05, 0) is 87.3 Å². The van der Waals surface area contributed by atoms with E-state index in [2.05, 4.69) is 62.8 Å². The summed E-state index contributed by atoms with van der Waals surface area (Å²) in [5, 5.41) is 43.8. The van der Waals surface area contributed by atoms with Crippen molar-refractivity contribution in [3.8, 4) is 0 Å². The Bertz CT molecular complexity index is 3180. The number of aliphatic imine (C=N–C) groups is 1. The molecule has 0 radical (unpaired) electrons. The van der Waals surface area contributed by atoms with Gasteiger partial charge < -0.3 is 86.0 Å². The van der Waals surface area contributed by atoms with E-state index < -0.39 is 206 Å². The number of carbonyl (C=O) groups excluding carboxylic acids is 12. The first kappa shape index (κ1) is 83.5. The quantitative estimate of drug-likeness (QED) is 0.0351. The number of carbonyl (C=O) groups is 14. The number of benzene rings is 1. The minimum absolute atomic E-state index is 0.00239. The highest BCUT2D eigenvalue weighted by molar-refractivity contribution is 8.14. The van der Waals surface area contributed by atoms with Crippen molar-refractivity contribution < 1.29 is 77.3 Å². The molecule has 2 aromatic rings. The number of aliphatic carboxylic acids is 2. The van der Waals surface area contributed by atoms with Gasteiger partial charge in [0.2, 0.25) is 59.1 Å². The third-order valence-electron chi connectivity index (χ3n) is 17.6. The number of hydrogen-bond donors (Lipinski definition) is 16. The zero-order valence-corrected chi connectivity index (χ0v) is 59.0. The number of carboxylic acids is 2. The predicted molar refractivity (Wildman–Crippen MR) is 369 cm³/mol. The smallest absolute Gasteiger partial charge is 0.305 e. The molecule has 15 atom stereocenters. The maximum absolute atomic E-state index is 16.1. The number of nitrogens with zero attached hydrogens (tertiary/aromatic N) is 3. The summed E-state index contributed by atoms with van der Waals surface area (Å²) in [5.74, 6) is -18.6. The molecule has 1 aromatic carbocycles. The molecule has 1 fully saturated rings. The highest BCUT2D eigenvalue weighted by atomic mass is 32.2. The van der Waals surface area contributed by atoms with Crippen LogP contribution in [0.25, 0.3) is 0 Å². The molecule has 34 heteroatoms. The van der Waals surface area contributed by atoms with Crippen molar-refractivity contribution in [3.63, 3.8) is 0 Å². The lowest BCUT2D eigenvalue weighted by atomic mass is 9.94. The first-order valence-corrected chi connectivity index (χ1v) is 35.1. The first-order chi connectivity index (χ1) is 47.4. The number of nitrogens with two attached hydrogens (primary N) is 4. The van der Waals surface area contributed by atoms with E-state index in [-0.39, 0.29) is 87.7 Å². The number of amides is 12. The predicted octanol–water partition coefficient (Wildman–Crippen LogP) is -1.60. The van der Waals surface area contributed by atoms with Crippen LogP contribution in [0.3, 0.4) is 0 Å². The van der Waals surface area contributed by atoms with Crippen molar-refractivity contribution in [2.45, 2.75) is 224 Å². The Morgan fingerprint density at radius 1 is 0.650 bits per heavy atom. The molecule has 4 rings (SSSR count). The molecule has 2 aliphatic rings. The molecule has 0 spiro atoms. The molecule has 33 nitrogen and oxygen atoms in total. The Balaban J connectivity index is 1.99. The summed E-state index contributed by atoms with van der Waals surface area (Å²) < 4.78 is 0. The lowest BCUT2D eigenvalue weighted by molar-refractivity contribution is -0.157. The number of primary amides is 1. The van der Waals surface area contributed by atoms with Crippen molar-refractivity contribution in [2.75, 3.05) is 18.8 Å². The molecule has 1 saturated heterocycles. The molecule has 0 bridgehead atoms. The van der Waals surface area contributed by atoms with E-state index in [0.29, 0.717) is 15.5 Å². The Labute approximate surface area is 586 Å². The van der Waals surface area contributed by atoms with Crippen molar-refractivity contribution in [3.05, 3.63) is 54.1 Å². The topological polar surface area (TPSA) is 536 Å². The molecule has 0 aliphatic carbocycles. The number of nitrogens with one attached hydrogen (secondary N) is 10. The van der Waals surface area contributed by atoms with Gasteiger partial charge in [-0.2, -0.15) is 0 Å². The van der Waals surface area contributed by atoms with Gasteiger partial charge in [0.15, 0.2) is 0 Å². The van der Waals surface area contributed by atoms with Crippen LogP contribution in [-0.2, 0) is 80.0 Å². The Kier molecular flexibility index (Phi) is 34.8. The third-order valence-corrected chi connectivity index (χ3v) is 18.8. The zero-order chi connectivity index (χ0) is 74.5. The summed E-state index contributed by atoms with van der Waals surface area (Å²) in [4.78, 5) is 215. The molecule has 20 N–H and O–H groups in total. The molecule has 3 heterocycles. The molecular weight excluding hydrogens is 1320 g/mol. The van der Waals surface area contributed by atoms with Crippen molar-refractivity contribution in [2.24, 2.45) is 51.6 Å². The summed E-state index contributed by atoms with van der Waals surface area (Å²) >= 11 is 1.31. The molecular formula is C66H103N17O16S. The van der Waals surface area contributed by atoms with Gasteiger partial charge in [0.1, 0.15) is 66.5 Å². The highest BCUT2D eigenvalue weighted by Gasteiger charge is 2.46. The average Bonchev–Trinajstić information content (AvgIpc) is 1.18. The van der Waals surface area contributed by atoms with Crippen LogP contribution in [0.5, 0.6) is 0 Å². The van der Waals surface area contributed by atoms with Crippen LogP contribution in [0.15, 0.2) is 47.8 Å². The van der Waals surface area contributed by atoms with Crippen molar-refractivity contribution in [1.82, 2.24) is 62.7 Å².